The largest absolute Gasteiger partial charge is 0.315 e. The van der Waals surface area contributed by atoms with Crippen LogP contribution in [0, 0.1) is 0 Å². The van der Waals surface area contributed by atoms with Crippen molar-refractivity contribution in [2.45, 2.75) is 31.8 Å². The maximum atomic E-state index is 3.52. The molecule has 2 rings (SSSR count). The van der Waals surface area contributed by atoms with E-state index < -0.39 is 0 Å². The number of likely N-dealkylation sites (tertiary alicyclic amines) is 1. The van der Waals surface area contributed by atoms with E-state index in [1.807, 2.05) is 0 Å². The van der Waals surface area contributed by atoms with Gasteiger partial charge < -0.3 is 10.2 Å². The number of rotatable bonds is 6. The van der Waals surface area contributed by atoms with E-state index in [2.05, 4.69) is 66.5 Å². The molecule has 1 saturated heterocycles. The van der Waals surface area contributed by atoms with Crippen LogP contribution in [0.3, 0.4) is 0 Å². The number of nitrogens with zero attached hydrogens (tertiary/aromatic N) is 2. The Morgan fingerprint density at radius 1 is 1.35 bits per heavy atom. The Labute approximate surface area is 124 Å². The monoisotopic (exact) mass is 275 g/mol. The topological polar surface area (TPSA) is 18.5 Å². The third-order valence-corrected chi connectivity index (χ3v) is 4.44. The second-order valence-electron chi connectivity index (χ2n) is 5.96. The highest BCUT2D eigenvalue weighted by Crippen LogP contribution is 2.24. The molecule has 20 heavy (non-hydrogen) atoms. The summed E-state index contributed by atoms with van der Waals surface area (Å²) in [6.07, 6.45) is 2.63. The van der Waals surface area contributed by atoms with E-state index in [0.717, 1.165) is 13.1 Å². The molecule has 1 aliphatic heterocycles. The molecule has 1 fully saturated rings. The fraction of sp³-hybridized carbons (Fsp3) is 0.647. The highest BCUT2D eigenvalue weighted by Gasteiger charge is 2.26. The van der Waals surface area contributed by atoms with Crippen LogP contribution in [0.1, 0.15) is 31.4 Å². The van der Waals surface area contributed by atoms with Crippen molar-refractivity contribution in [1.82, 2.24) is 15.1 Å². The lowest BCUT2D eigenvalue weighted by Crippen LogP contribution is -2.48. The SMILES string of the molecule is CCNCC(c1ccccc1)N(C)C1CCCN(C)C1. The first-order chi connectivity index (χ1) is 9.72. The van der Waals surface area contributed by atoms with E-state index in [4.69, 9.17) is 0 Å². The molecule has 3 heteroatoms. The van der Waals surface area contributed by atoms with E-state index in [1.165, 1.54) is 31.5 Å². The van der Waals surface area contributed by atoms with Crippen molar-refractivity contribution in [3.05, 3.63) is 35.9 Å². The Bertz CT molecular complexity index is 379. The minimum Gasteiger partial charge on any atom is -0.315 e. The van der Waals surface area contributed by atoms with Gasteiger partial charge in [-0.05, 0) is 45.6 Å². The molecule has 2 atom stereocenters. The zero-order chi connectivity index (χ0) is 14.4. The lowest BCUT2D eigenvalue weighted by molar-refractivity contribution is 0.0976. The average Bonchev–Trinajstić information content (AvgIpc) is 2.48. The molecular weight excluding hydrogens is 246 g/mol. The number of nitrogens with one attached hydrogen (secondary N) is 1. The lowest BCUT2D eigenvalue weighted by Gasteiger charge is -2.40. The first-order valence-electron chi connectivity index (χ1n) is 7.88. The van der Waals surface area contributed by atoms with Crippen LogP contribution in [-0.4, -0.2) is 56.1 Å². The zero-order valence-electron chi connectivity index (χ0n) is 13.2. The third kappa shape index (κ3) is 4.05. The van der Waals surface area contributed by atoms with Crippen LogP contribution in [0.15, 0.2) is 30.3 Å². The van der Waals surface area contributed by atoms with E-state index in [0.29, 0.717) is 12.1 Å². The molecule has 1 heterocycles. The predicted molar refractivity (Wildman–Crippen MR) is 86.0 cm³/mol. The van der Waals surface area contributed by atoms with Gasteiger partial charge in [0.2, 0.25) is 0 Å². The number of piperidine rings is 1. The molecule has 0 radical (unpaired) electrons. The Morgan fingerprint density at radius 3 is 2.75 bits per heavy atom. The van der Waals surface area contributed by atoms with Gasteiger partial charge in [0.25, 0.3) is 0 Å². The molecule has 0 amide bonds. The van der Waals surface area contributed by atoms with Gasteiger partial charge in [-0.2, -0.15) is 0 Å². The molecule has 1 N–H and O–H groups in total. The smallest absolute Gasteiger partial charge is 0.0473 e. The Balaban J connectivity index is 2.09. The van der Waals surface area contributed by atoms with Crippen molar-refractivity contribution < 1.29 is 0 Å². The summed E-state index contributed by atoms with van der Waals surface area (Å²) < 4.78 is 0. The fourth-order valence-corrected chi connectivity index (χ4v) is 3.18. The van der Waals surface area contributed by atoms with Gasteiger partial charge in [0.15, 0.2) is 0 Å². The van der Waals surface area contributed by atoms with Gasteiger partial charge in [0.05, 0.1) is 0 Å². The van der Waals surface area contributed by atoms with Gasteiger partial charge in [0.1, 0.15) is 0 Å². The molecular formula is C17H29N3. The van der Waals surface area contributed by atoms with Crippen LogP contribution in [0.2, 0.25) is 0 Å². The van der Waals surface area contributed by atoms with Crippen LogP contribution in [0.4, 0.5) is 0 Å². The summed E-state index contributed by atoms with van der Waals surface area (Å²) in [5.74, 6) is 0. The van der Waals surface area contributed by atoms with E-state index in [9.17, 15) is 0 Å². The number of likely N-dealkylation sites (N-methyl/N-ethyl adjacent to an activating group) is 3. The molecule has 1 aliphatic rings. The molecule has 0 aliphatic carbocycles. The van der Waals surface area contributed by atoms with Gasteiger partial charge >= 0.3 is 0 Å². The molecule has 0 spiro atoms. The highest BCUT2D eigenvalue weighted by atomic mass is 15.2. The first kappa shape index (κ1) is 15.5. The predicted octanol–water partition coefficient (Wildman–Crippen LogP) is 2.36. The minimum absolute atomic E-state index is 0.465. The van der Waals surface area contributed by atoms with Crippen molar-refractivity contribution in [2.24, 2.45) is 0 Å². The Kier molecular flexibility index (Phi) is 6.02. The summed E-state index contributed by atoms with van der Waals surface area (Å²) in [7, 11) is 4.53. The zero-order valence-corrected chi connectivity index (χ0v) is 13.2. The molecule has 3 nitrogen and oxygen atoms in total. The molecule has 112 valence electrons. The maximum absolute atomic E-state index is 3.52. The minimum atomic E-state index is 0.465. The molecule has 1 aromatic rings. The van der Waals surface area contributed by atoms with Gasteiger partial charge in [-0.15, -0.1) is 0 Å². The summed E-state index contributed by atoms with van der Waals surface area (Å²) >= 11 is 0. The van der Waals surface area contributed by atoms with Crippen LogP contribution >= 0.6 is 0 Å². The highest BCUT2D eigenvalue weighted by molar-refractivity contribution is 5.19. The summed E-state index contributed by atoms with van der Waals surface area (Å²) in [5.41, 5.74) is 1.42. The van der Waals surface area contributed by atoms with Crippen molar-refractivity contribution in [1.29, 1.82) is 0 Å². The molecule has 0 aromatic heterocycles. The van der Waals surface area contributed by atoms with E-state index >= 15 is 0 Å². The summed E-state index contributed by atoms with van der Waals surface area (Å²) in [4.78, 5) is 5.04. The third-order valence-electron chi connectivity index (χ3n) is 4.44. The fourth-order valence-electron chi connectivity index (χ4n) is 3.18. The van der Waals surface area contributed by atoms with Crippen LogP contribution in [0.25, 0.3) is 0 Å². The molecule has 1 aromatic carbocycles. The van der Waals surface area contributed by atoms with E-state index in [-0.39, 0.29) is 0 Å². The summed E-state index contributed by atoms with van der Waals surface area (Å²) in [6.45, 7) is 6.66. The summed E-state index contributed by atoms with van der Waals surface area (Å²) in [5, 5.41) is 3.52. The number of hydrogen-bond donors (Lipinski definition) is 1. The first-order valence-corrected chi connectivity index (χ1v) is 7.88. The van der Waals surface area contributed by atoms with Gasteiger partial charge in [-0.1, -0.05) is 37.3 Å². The number of benzene rings is 1. The van der Waals surface area contributed by atoms with Crippen molar-refractivity contribution >= 4 is 0 Å². The lowest BCUT2D eigenvalue weighted by atomic mass is 9.99. The van der Waals surface area contributed by atoms with Gasteiger partial charge in [-0.3, -0.25) is 4.90 Å². The molecule has 0 saturated carbocycles. The number of hydrogen-bond acceptors (Lipinski definition) is 3. The Morgan fingerprint density at radius 2 is 2.10 bits per heavy atom. The van der Waals surface area contributed by atoms with Crippen LogP contribution in [0.5, 0.6) is 0 Å². The second-order valence-corrected chi connectivity index (χ2v) is 5.96. The van der Waals surface area contributed by atoms with Crippen LogP contribution in [-0.2, 0) is 0 Å². The Hall–Kier alpha value is -0.900. The normalized spacial score (nSPS) is 22.1. The van der Waals surface area contributed by atoms with Crippen LogP contribution < -0.4 is 5.32 Å². The van der Waals surface area contributed by atoms with Gasteiger partial charge in [-0.25, -0.2) is 0 Å². The van der Waals surface area contributed by atoms with Gasteiger partial charge in [0, 0.05) is 25.2 Å². The van der Waals surface area contributed by atoms with Crippen molar-refractivity contribution in [3.63, 3.8) is 0 Å². The standard InChI is InChI=1S/C17H29N3/c1-4-18-13-17(15-9-6-5-7-10-15)20(3)16-11-8-12-19(2)14-16/h5-7,9-10,16-18H,4,8,11-14H2,1-3H3. The maximum Gasteiger partial charge on any atom is 0.0473 e. The summed E-state index contributed by atoms with van der Waals surface area (Å²) in [6, 6.07) is 12.0. The van der Waals surface area contributed by atoms with Crippen molar-refractivity contribution in [3.8, 4) is 0 Å². The van der Waals surface area contributed by atoms with E-state index in [1.54, 1.807) is 0 Å². The quantitative estimate of drug-likeness (QED) is 0.860. The second kappa shape index (κ2) is 7.77. The average molecular weight is 275 g/mol. The molecule has 2 unspecified atom stereocenters. The van der Waals surface area contributed by atoms with Crippen molar-refractivity contribution in [2.75, 3.05) is 40.3 Å². The molecule has 0 bridgehead atoms.